The predicted octanol–water partition coefficient (Wildman–Crippen LogP) is 7.45. The van der Waals surface area contributed by atoms with Crippen LogP contribution in [0.15, 0.2) is 53.9 Å². The molecular formula is C23H26FOS+. The first-order valence-electron chi connectivity index (χ1n) is 9.58. The average molecular weight is 370 g/mol. The Morgan fingerprint density at radius 2 is 1.77 bits per heavy atom. The molecule has 1 nitrogen and oxygen atoms in total. The Labute approximate surface area is 157 Å². The molecule has 1 unspecified atom stereocenters. The number of thiophene rings is 1. The lowest BCUT2D eigenvalue weighted by molar-refractivity contribution is -0.0148. The van der Waals surface area contributed by atoms with Gasteiger partial charge in [-0.25, -0.2) is 4.39 Å². The number of rotatable bonds is 4. The molecule has 26 heavy (non-hydrogen) atoms. The highest BCUT2D eigenvalue weighted by molar-refractivity contribution is 7.43. The molecule has 0 radical (unpaired) electrons. The molecule has 1 aliphatic rings. The lowest BCUT2D eigenvalue weighted by atomic mass is 9.77. The first kappa shape index (κ1) is 17.5. The third-order valence-corrected chi connectivity index (χ3v) is 7.78. The molecule has 1 atom stereocenters. The normalized spacial score (nSPS) is 17.6. The zero-order valence-corrected chi connectivity index (χ0v) is 16.3. The Morgan fingerprint density at radius 3 is 2.54 bits per heavy atom. The van der Waals surface area contributed by atoms with Crippen molar-refractivity contribution < 1.29 is 9.13 Å². The fraction of sp³-hybridized carbons (Fsp3) is 0.391. The van der Waals surface area contributed by atoms with Crippen LogP contribution in [-0.4, -0.2) is 5.60 Å². The number of benzene rings is 2. The average Bonchev–Trinajstić information content (AvgIpc) is 3.08. The van der Waals surface area contributed by atoms with Crippen LogP contribution in [0.5, 0.6) is 5.75 Å². The van der Waals surface area contributed by atoms with Crippen molar-refractivity contribution >= 4 is 20.6 Å². The summed E-state index contributed by atoms with van der Waals surface area (Å²) in [5.41, 5.74) is -0.232. The standard InChI is InChI=1S/C23H26FOS/c1-17(2)23(13-6-3-7-14-23)25-21-16-19(10-11-20(21)24)26-15-12-18-8-4-5-9-22(18)26/h4-5,8-12,15-17H,3,6-7,13-14H2,1-2H3/q+1. The highest BCUT2D eigenvalue weighted by atomic mass is 32.2. The van der Waals surface area contributed by atoms with Gasteiger partial charge in [-0.15, -0.1) is 0 Å². The van der Waals surface area contributed by atoms with Crippen LogP contribution in [0.3, 0.4) is 0 Å². The molecule has 1 aliphatic carbocycles. The van der Waals surface area contributed by atoms with Gasteiger partial charge in [0.2, 0.25) is 0 Å². The third-order valence-electron chi connectivity index (χ3n) is 5.76. The van der Waals surface area contributed by atoms with E-state index in [-0.39, 0.29) is 21.9 Å². The van der Waals surface area contributed by atoms with Gasteiger partial charge in [0.25, 0.3) is 0 Å². The van der Waals surface area contributed by atoms with Crippen molar-refractivity contribution in [1.82, 2.24) is 0 Å². The summed E-state index contributed by atoms with van der Waals surface area (Å²) in [5.74, 6) is 0.545. The topological polar surface area (TPSA) is 9.23 Å². The van der Waals surface area contributed by atoms with Gasteiger partial charge in [0, 0.05) is 34.1 Å². The van der Waals surface area contributed by atoms with Gasteiger partial charge in [0.1, 0.15) is 11.0 Å². The van der Waals surface area contributed by atoms with Crippen molar-refractivity contribution in [1.29, 1.82) is 0 Å². The molecule has 1 fully saturated rings. The highest BCUT2D eigenvalue weighted by Gasteiger charge is 2.38. The van der Waals surface area contributed by atoms with E-state index in [0.29, 0.717) is 11.7 Å². The largest absolute Gasteiger partial charge is 0.484 e. The summed E-state index contributed by atoms with van der Waals surface area (Å²) in [7, 11) is -0.142. The number of hydrogen-bond acceptors (Lipinski definition) is 1. The van der Waals surface area contributed by atoms with Gasteiger partial charge in [-0.05, 0) is 49.8 Å². The Bertz CT molecular complexity index is 905. The zero-order chi connectivity index (χ0) is 18.1. The Balaban J connectivity index is 1.72. The van der Waals surface area contributed by atoms with E-state index in [9.17, 15) is 4.39 Å². The summed E-state index contributed by atoms with van der Waals surface area (Å²) in [5, 5.41) is 3.48. The maximum atomic E-state index is 14.6. The molecule has 1 saturated carbocycles. The Kier molecular flexibility index (Phi) is 4.74. The van der Waals surface area contributed by atoms with Crippen molar-refractivity contribution in [2.75, 3.05) is 0 Å². The second kappa shape index (κ2) is 7.03. The first-order chi connectivity index (χ1) is 12.6. The van der Waals surface area contributed by atoms with Gasteiger partial charge in [0.15, 0.2) is 21.2 Å². The van der Waals surface area contributed by atoms with Crippen LogP contribution < -0.4 is 4.74 Å². The van der Waals surface area contributed by atoms with E-state index in [1.807, 2.05) is 12.1 Å². The van der Waals surface area contributed by atoms with Gasteiger partial charge in [-0.3, -0.25) is 0 Å². The van der Waals surface area contributed by atoms with Crippen LogP contribution in [0, 0.1) is 11.7 Å². The molecule has 0 spiro atoms. The molecule has 1 heterocycles. The maximum absolute atomic E-state index is 14.6. The van der Waals surface area contributed by atoms with E-state index in [4.69, 9.17) is 4.74 Å². The summed E-state index contributed by atoms with van der Waals surface area (Å²) >= 11 is 0. The summed E-state index contributed by atoms with van der Waals surface area (Å²) < 4.78 is 22.3. The van der Waals surface area contributed by atoms with Crippen molar-refractivity contribution in [3.8, 4) is 10.6 Å². The minimum absolute atomic E-state index is 0.142. The molecule has 0 saturated heterocycles. The van der Waals surface area contributed by atoms with Crippen LogP contribution in [0.1, 0.15) is 46.0 Å². The second-order valence-corrected chi connectivity index (χ2v) is 9.51. The molecule has 136 valence electrons. The molecule has 0 bridgehead atoms. The minimum atomic E-state index is -0.251. The van der Waals surface area contributed by atoms with Gasteiger partial charge >= 0.3 is 0 Å². The summed E-state index contributed by atoms with van der Waals surface area (Å²) in [6, 6.07) is 16.0. The fourth-order valence-electron chi connectivity index (χ4n) is 4.10. The van der Waals surface area contributed by atoms with Gasteiger partial charge in [-0.2, -0.15) is 0 Å². The van der Waals surface area contributed by atoms with E-state index in [2.05, 4.69) is 49.6 Å². The Morgan fingerprint density at radius 1 is 1.00 bits per heavy atom. The van der Waals surface area contributed by atoms with Crippen molar-refractivity contribution in [2.24, 2.45) is 5.92 Å². The molecule has 3 aromatic rings. The van der Waals surface area contributed by atoms with Gasteiger partial charge in [-0.1, -0.05) is 32.4 Å². The molecule has 2 aromatic carbocycles. The maximum Gasteiger partial charge on any atom is 0.186 e. The number of halogens is 1. The van der Waals surface area contributed by atoms with Gasteiger partial charge < -0.3 is 4.74 Å². The zero-order valence-electron chi connectivity index (χ0n) is 15.5. The van der Waals surface area contributed by atoms with E-state index in [0.717, 1.165) is 17.7 Å². The fourth-order valence-corrected chi connectivity index (χ4v) is 6.01. The number of hydrogen-bond donors (Lipinski definition) is 0. The molecule has 0 N–H and O–H groups in total. The SMILES string of the molecule is CC(C)C1(Oc2cc(-[s+]3ccc4ccccc43)ccc2F)CCCCC1. The van der Waals surface area contributed by atoms with Crippen molar-refractivity contribution in [2.45, 2.75) is 51.6 Å². The molecule has 3 heteroatoms. The predicted molar refractivity (Wildman–Crippen MR) is 109 cm³/mol. The molecule has 0 amide bonds. The van der Waals surface area contributed by atoms with Crippen molar-refractivity contribution in [3.05, 3.63) is 59.7 Å². The van der Waals surface area contributed by atoms with E-state index < -0.39 is 0 Å². The quantitative estimate of drug-likeness (QED) is 0.434. The smallest absolute Gasteiger partial charge is 0.186 e. The monoisotopic (exact) mass is 369 g/mol. The van der Waals surface area contributed by atoms with Crippen LogP contribution in [0.25, 0.3) is 15.0 Å². The highest BCUT2D eigenvalue weighted by Crippen LogP contribution is 2.44. The summed E-state index contributed by atoms with van der Waals surface area (Å²) in [6.07, 6.45) is 5.62. The molecule has 4 rings (SSSR count). The number of fused-ring (bicyclic) bond motifs is 1. The molecule has 1 aromatic heterocycles. The van der Waals surface area contributed by atoms with E-state index in [1.54, 1.807) is 6.07 Å². The summed E-state index contributed by atoms with van der Waals surface area (Å²) in [4.78, 5) is 1.12. The molecular weight excluding hydrogens is 343 g/mol. The van der Waals surface area contributed by atoms with Gasteiger partial charge in [0.05, 0.1) is 0 Å². The van der Waals surface area contributed by atoms with Crippen LogP contribution in [0.2, 0.25) is 0 Å². The van der Waals surface area contributed by atoms with Crippen molar-refractivity contribution in [3.63, 3.8) is 0 Å². The Hall–Kier alpha value is -1.87. The lowest BCUT2D eigenvalue weighted by Gasteiger charge is -2.41. The second-order valence-electron chi connectivity index (χ2n) is 7.65. The first-order valence-corrected chi connectivity index (χ1v) is 10.9. The minimum Gasteiger partial charge on any atom is -0.484 e. The lowest BCUT2D eigenvalue weighted by Crippen LogP contribution is -2.43. The third kappa shape index (κ3) is 3.14. The molecule has 0 aliphatic heterocycles. The van der Waals surface area contributed by atoms with Crippen LogP contribution in [-0.2, 0) is 0 Å². The van der Waals surface area contributed by atoms with Crippen LogP contribution in [0.4, 0.5) is 4.39 Å². The summed E-state index contributed by atoms with van der Waals surface area (Å²) in [6.45, 7) is 4.40. The van der Waals surface area contributed by atoms with Crippen LogP contribution >= 0.6 is 10.5 Å². The van der Waals surface area contributed by atoms with E-state index >= 15 is 0 Å². The van der Waals surface area contributed by atoms with E-state index in [1.165, 1.54) is 29.3 Å². The number of ether oxygens (including phenoxy) is 1.